The lowest BCUT2D eigenvalue weighted by Crippen LogP contribution is -1.66. The summed E-state index contributed by atoms with van der Waals surface area (Å²) in [6.45, 7) is 0. The van der Waals surface area contributed by atoms with E-state index in [0.29, 0.717) is 0 Å². The Balaban J connectivity index is -0.0000000480. The largest absolute Gasteiger partial charge is 0.643 e. The molecule has 0 aromatic heterocycles. The van der Waals surface area contributed by atoms with E-state index in [0.717, 1.165) is 0 Å². The number of rotatable bonds is 0. The van der Waals surface area contributed by atoms with Crippen LogP contribution in [0.3, 0.4) is 0 Å². The molecule has 0 saturated carbocycles. The van der Waals surface area contributed by atoms with Crippen molar-refractivity contribution in [2.45, 2.75) is 0 Å². The van der Waals surface area contributed by atoms with Crippen molar-refractivity contribution in [3.63, 3.8) is 0 Å². The van der Waals surface area contributed by atoms with Crippen LogP contribution in [0.25, 0.3) is 0 Å². The third-order valence-corrected chi connectivity index (χ3v) is 0. The Morgan fingerprint density at radius 2 is 1.00 bits per heavy atom. The van der Waals surface area contributed by atoms with Gasteiger partial charge in [-0.05, 0) is 0 Å². The van der Waals surface area contributed by atoms with Gasteiger partial charge in [0.25, 0.3) is 0 Å². The second-order valence-electron chi connectivity index (χ2n) is 0.247. The zero-order valence-electron chi connectivity index (χ0n) is 2.54. The Bertz CT molecular complexity index is 14.4. The fourth-order valence-electron chi connectivity index (χ4n) is 0. The molecule has 0 spiro atoms. The van der Waals surface area contributed by atoms with Gasteiger partial charge in [0.2, 0.25) is 0 Å². The lowest BCUT2D eigenvalue weighted by Gasteiger charge is -1.57. The second kappa shape index (κ2) is 15.7. The van der Waals surface area contributed by atoms with Crippen molar-refractivity contribution in [1.82, 2.24) is 0 Å². The van der Waals surface area contributed by atoms with Crippen LogP contribution in [0.5, 0.6) is 0 Å². The molecule has 1 N–H and O–H groups in total. The van der Waals surface area contributed by atoms with Crippen molar-refractivity contribution < 1.29 is 4.66 Å². The van der Waals surface area contributed by atoms with Gasteiger partial charge in [0.1, 0.15) is 0 Å². The molecule has 0 rings (SSSR count). The number of halogens is 4. The Labute approximate surface area is 74.8 Å². The molecule has 0 radical (unpaired) electrons. The monoisotopic (exact) mass is 214 g/mol. The fraction of sp³-hybridized carbons (Fsp3) is 0. The standard InChI is InChI=1S/2Al.ClHO.3ClH.3H/c;;1-2;;;;;;/h;;2H;3*1H;;;/q;+3;;;;;;;/p-3. The fourth-order valence-corrected chi connectivity index (χ4v) is 0. The molecule has 44 valence electrons. The van der Waals surface area contributed by atoms with Gasteiger partial charge in [0.15, 0.2) is 17.4 Å². The van der Waals surface area contributed by atoms with Crippen molar-refractivity contribution >= 4 is 70.8 Å². The quantitative estimate of drug-likeness (QED) is 0.588. The van der Waals surface area contributed by atoms with Crippen molar-refractivity contribution in [2.75, 3.05) is 0 Å². The smallest absolute Gasteiger partial charge is 0.295 e. The van der Waals surface area contributed by atoms with Gasteiger partial charge in [-0.1, -0.05) is 0 Å². The molecule has 1 nitrogen and oxygen atoms in total. The van der Waals surface area contributed by atoms with Crippen LogP contribution in [-0.4, -0.2) is 33.4 Å². The van der Waals surface area contributed by atoms with E-state index in [-0.39, 0.29) is 17.4 Å². The maximum atomic E-state index is 6.47. The van der Waals surface area contributed by atoms with Crippen LogP contribution in [0, 0.1) is 0 Å². The first-order chi connectivity index (χ1) is 2.73. The molecule has 0 aromatic rings. The molecular weight excluding hydrogens is 212 g/mol. The second-order valence-corrected chi connectivity index (χ2v) is 6.68. The summed E-state index contributed by atoms with van der Waals surface area (Å²) in [7, 11) is 14.8. The topological polar surface area (TPSA) is 20.2 Å². The first kappa shape index (κ1) is 16.1. The summed E-state index contributed by atoms with van der Waals surface area (Å²) in [5, 5.41) is 0. The van der Waals surface area contributed by atoms with Crippen molar-refractivity contribution in [3.05, 3.63) is 0 Å². The minimum absolute atomic E-state index is 0. The molecule has 0 unspecified atom stereocenters. The Kier molecular flexibility index (Phi) is 36.1. The zero-order chi connectivity index (χ0) is 5.58. The SMILES string of the molecule is OCl.[AlH3].[Cl][Al]([Cl])[Cl]. The van der Waals surface area contributed by atoms with E-state index in [1.165, 1.54) is 0 Å². The highest BCUT2D eigenvalue weighted by Crippen LogP contribution is 1.97. The summed E-state index contributed by atoms with van der Waals surface area (Å²) in [6, 6.07) is 0. The lowest BCUT2D eigenvalue weighted by atomic mass is 15.9. The lowest BCUT2D eigenvalue weighted by molar-refractivity contribution is 0.632. The van der Waals surface area contributed by atoms with E-state index >= 15 is 0 Å². The molecule has 0 aromatic carbocycles. The van der Waals surface area contributed by atoms with Crippen molar-refractivity contribution in [1.29, 1.82) is 0 Å². The maximum absolute atomic E-state index is 6.47. The van der Waals surface area contributed by atoms with E-state index in [1.54, 1.807) is 0 Å². The van der Waals surface area contributed by atoms with E-state index in [9.17, 15) is 0 Å². The van der Waals surface area contributed by atoms with Gasteiger partial charge in [0, 0.05) is 0 Å². The highest BCUT2D eigenvalue weighted by Gasteiger charge is 2.00. The van der Waals surface area contributed by atoms with Gasteiger partial charge in [-0.15, -0.1) is 0 Å². The number of hydrogen-bond donors (Lipinski definition) is 1. The molecule has 0 aliphatic carbocycles. The van der Waals surface area contributed by atoms with E-state index < -0.39 is 11.4 Å². The highest BCUT2D eigenvalue weighted by molar-refractivity contribution is 7.54. The Morgan fingerprint density at radius 1 is 1.00 bits per heavy atom. The first-order valence-electron chi connectivity index (χ1n) is 0.824. The molecule has 0 amide bonds. The minimum Gasteiger partial charge on any atom is -0.295 e. The molecule has 0 fully saturated rings. The van der Waals surface area contributed by atoms with E-state index in [4.69, 9.17) is 34.8 Å². The van der Waals surface area contributed by atoms with Crippen molar-refractivity contribution in [3.8, 4) is 0 Å². The van der Waals surface area contributed by atoms with Crippen LogP contribution in [0.1, 0.15) is 0 Å². The third kappa shape index (κ3) is 65.6. The van der Waals surface area contributed by atoms with Crippen LogP contribution in [0.15, 0.2) is 0 Å². The Hall–Kier alpha value is 2.18. The summed E-state index contributed by atoms with van der Waals surface area (Å²) in [4.78, 5) is 0. The van der Waals surface area contributed by atoms with Crippen LogP contribution in [0.2, 0.25) is 0 Å². The summed E-state index contributed by atoms with van der Waals surface area (Å²) >= 11 is 1.92. The van der Waals surface area contributed by atoms with Gasteiger partial charge in [0.05, 0.1) is 11.9 Å². The predicted octanol–water partition coefficient (Wildman–Crippen LogP) is 0.636. The summed E-state index contributed by atoms with van der Waals surface area (Å²) < 4.78 is 6.47. The van der Waals surface area contributed by atoms with Gasteiger partial charge in [-0.25, -0.2) is 30.1 Å². The first-order valence-corrected chi connectivity index (χ1v) is 6.40. The third-order valence-electron chi connectivity index (χ3n) is 0. The molecule has 0 atom stereocenters. The minimum atomic E-state index is -1.72. The summed E-state index contributed by atoms with van der Waals surface area (Å²) in [5.74, 6) is 0. The van der Waals surface area contributed by atoms with Gasteiger partial charge < -0.3 is 0 Å². The molecule has 0 saturated heterocycles. The molecule has 0 aliphatic rings. The predicted molar refractivity (Wildman–Crippen MR) is 41.3 cm³/mol. The Morgan fingerprint density at radius 3 is 1.00 bits per heavy atom. The van der Waals surface area contributed by atoms with Gasteiger partial charge in [-0.2, -0.15) is 0 Å². The summed E-state index contributed by atoms with van der Waals surface area (Å²) in [6.07, 6.45) is 0. The average Bonchev–Trinajstić information content (AvgIpc) is 1.41. The van der Waals surface area contributed by atoms with Crippen molar-refractivity contribution in [2.24, 2.45) is 0 Å². The summed E-state index contributed by atoms with van der Waals surface area (Å²) in [5.41, 5.74) is 0. The molecular formula is H4Al2Cl4O. The molecule has 0 bridgehead atoms. The molecule has 0 heterocycles. The van der Waals surface area contributed by atoms with Gasteiger partial charge >= 0.3 is 11.4 Å². The zero-order valence-corrected chi connectivity index (χ0v) is 6.71. The normalized spacial score (nSPS) is 4.71. The van der Waals surface area contributed by atoms with Crippen LogP contribution in [0.4, 0.5) is 0 Å². The maximum Gasteiger partial charge on any atom is 0.643 e. The molecule has 7 heavy (non-hydrogen) atoms. The van der Waals surface area contributed by atoms with Crippen LogP contribution < -0.4 is 0 Å². The van der Waals surface area contributed by atoms with Crippen LogP contribution in [-0.2, 0) is 0 Å². The van der Waals surface area contributed by atoms with Crippen LogP contribution >= 0.6 is 42.0 Å². The molecule has 7 heteroatoms. The highest BCUT2D eigenvalue weighted by atomic mass is 35.8. The average molecular weight is 216 g/mol. The van der Waals surface area contributed by atoms with Gasteiger partial charge in [-0.3, -0.25) is 4.66 Å². The van der Waals surface area contributed by atoms with E-state index in [2.05, 4.69) is 11.9 Å². The van der Waals surface area contributed by atoms with E-state index in [1.807, 2.05) is 0 Å². The molecule has 0 aliphatic heterocycles. The number of hydrogen-bond acceptors (Lipinski definition) is 1.